The summed E-state index contributed by atoms with van der Waals surface area (Å²) < 4.78 is 0. The quantitative estimate of drug-likeness (QED) is 0.655. The van der Waals surface area contributed by atoms with E-state index in [1.807, 2.05) is 11.8 Å². The number of hydrogen-bond donors (Lipinski definition) is 2. The fourth-order valence-corrected chi connectivity index (χ4v) is 3.64. The zero-order chi connectivity index (χ0) is 12.0. The van der Waals surface area contributed by atoms with E-state index < -0.39 is 0 Å². The van der Waals surface area contributed by atoms with Gasteiger partial charge >= 0.3 is 0 Å². The lowest BCUT2D eigenvalue weighted by molar-refractivity contribution is 0.161. The van der Waals surface area contributed by atoms with Crippen molar-refractivity contribution in [3.05, 3.63) is 0 Å². The molecule has 1 saturated carbocycles. The Morgan fingerprint density at radius 1 is 1.44 bits per heavy atom. The van der Waals surface area contributed by atoms with Crippen LogP contribution in [0.5, 0.6) is 0 Å². The van der Waals surface area contributed by atoms with Crippen LogP contribution in [-0.2, 0) is 0 Å². The highest BCUT2D eigenvalue weighted by atomic mass is 32.2. The molecule has 0 aromatic rings. The Labute approximate surface area is 105 Å². The molecule has 96 valence electrons. The van der Waals surface area contributed by atoms with Crippen molar-refractivity contribution in [1.82, 2.24) is 5.32 Å². The number of hydrogen-bond acceptors (Lipinski definition) is 3. The van der Waals surface area contributed by atoms with E-state index in [-0.39, 0.29) is 5.54 Å². The van der Waals surface area contributed by atoms with Gasteiger partial charge in [0.15, 0.2) is 0 Å². The monoisotopic (exact) mass is 245 g/mol. The van der Waals surface area contributed by atoms with Gasteiger partial charge in [-0.3, -0.25) is 0 Å². The molecule has 0 amide bonds. The molecule has 0 bridgehead atoms. The molecule has 0 spiro atoms. The first-order valence-corrected chi connectivity index (χ1v) is 7.77. The molecule has 16 heavy (non-hydrogen) atoms. The first-order valence-electron chi connectivity index (χ1n) is 6.62. The minimum atomic E-state index is 0.00682. The molecule has 0 aliphatic heterocycles. The first kappa shape index (κ1) is 14.3. The van der Waals surface area contributed by atoms with Gasteiger partial charge < -0.3 is 10.4 Å². The Hall–Kier alpha value is 0.270. The van der Waals surface area contributed by atoms with Crippen molar-refractivity contribution < 1.29 is 5.11 Å². The fourth-order valence-electron chi connectivity index (χ4n) is 2.09. The highest BCUT2D eigenvalue weighted by molar-refractivity contribution is 7.99. The molecule has 1 aliphatic rings. The van der Waals surface area contributed by atoms with Crippen molar-refractivity contribution in [2.75, 3.05) is 24.7 Å². The lowest BCUT2D eigenvalue weighted by Crippen LogP contribution is -2.52. The van der Waals surface area contributed by atoms with Gasteiger partial charge in [0.1, 0.15) is 0 Å². The molecule has 1 rings (SSSR count). The average molecular weight is 245 g/mol. The number of nitrogens with one attached hydrogen (secondary N) is 1. The van der Waals surface area contributed by atoms with E-state index in [2.05, 4.69) is 26.1 Å². The highest BCUT2D eigenvalue weighted by Gasteiger charge is 2.43. The Bertz CT molecular complexity index is 196. The maximum absolute atomic E-state index is 9.66. The molecule has 2 atom stereocenters. The molecule has 1 aliphatic carbocycles. The summed E-state index contributed by atoms with van der Waals surface area (Å²) in [5.74, 6) is 3.78. The molecular formula is C13H27NOS. The van der Waals surface area contributed by atoms with Crippen molar-refractivity contribution in [1.29, 1.82) is 0 Å². The Morgan fingerprint density at radius 2 is 2.12 bits per heavy atom. The fraction of sp³-hybridized carbons (Fsp3) is 1.00. The van der Waals surface area contributed by atoms with Crippen LogP contribution in [0.15, 0.2) is 0 Å². The average Bonchev–Trinajstić information content (AvgIpc) is 3.11. The van der Waals surface area contributed by atoms with E-state index in [0.29, 0.717) is 12.5 Å². The van der Waals surface area contributed by atoms with Gasteiger partial charge in [-0.2, -0.15) is 11.8 Å². The van der Waals surface area contributed by atoms with Crippen LogP contribution < -0.4 is 5.32 Å². The molecule has 0 heterocycles. The normalized spacial score (nSPS) is 21.8. The topological polar surface area (TPSA) is 32.3 Å². The number of likely N-dealkylation sites (N-methyl/N-ethyl adjacent to an activating group) is 1. The molecule has 0 aromatic carbocycles. The van der Waals surface area contributed by atoms with Crippen molar-refractivity contribution in [2.45, 2.75) is 45.6 Å². The maximum atomic E-state index is 9.66. The maximum Gasteiger partial charge on any atom is 0.0624 e. The van der Waals surface area contributed by atoms with Gasteiger partial charge in [-0.1, -0.05) is 27.2 Å². The third-order valence-corrected chi connectivity index (χ3v) is 5.15. The molecule has 1 fully saturated rings. The number of rotatable bonds is 9. The molecule has 0 radical (unpaired) electrons. The Morgan fingerprint density at radius 3 is 2.56 bits per heavy atom. The minimum Gasteiger partial charge on any atom is -0.394 e. The van der Waals surface area contributed by atoms with Crippen LogP contribution >= 0.6 is 11.8 Å². The summed E-state index contributed by atoms with van der Waals surface area (Å²) in [6.07, 6.45) is 3.83. The molecular weight excluding hydrogens is 218 g/mol. The van der Waals surface area contributed by atoms with Crippen LogP contribution in [0.2, 0.25) is 0 Å². The van der Waals surface area contributed by atoms with Crippen LogP contribution in [0.4, 0.5) is 0 Å². The molecule has 0 saturated heterocycles. The summed E-state index contributed by atoms with van der Waals surface area (Å²) >= 11 is 2.00. The first-order chi connectivity index (χ1) is 7.68. The van der Waals surface area contributed by atoms with E-state index in [0.717, 1.165) is 18.2 Å². The number of aliphatic hydroxyl groups is 1. The van der Waals surface area contributed by atoms with Crippen LogP contribution in [-0.4, -0.2) is 35.3 Å². The van der Waals surface area contributed by atoms with Crippen molar-refractivity contribution in [3.8, 4) is 0 Å². The van der Waals surface area contributed by atoms with Gasteiger partial charge in [-0.15, -0.1) is 0 Å². The second kappa shape index (κ2) is 6.87. The molecule has 0 aromatic heterocycles. The van der Waals surface area contributed by atoms with E-state index in [4.69, 9.17) is 0 Å². The van der Waals surface area contributed by atoms with Gasteiger partial charge in [-0.05, 0) is 37.0 Å². The zero-order valence-electron chi connectivity index (χ0n) is 11.0. The van der Waals surface area contributed by atoms with Crippen LogP contribution in [0.25, 0.3) is 0 Å². The summed E-state index contributed by atoms with van der Waals surface area (Å²) in [6.45, 7) is 7.93. The summed E-state index contributed by atoms with van der Waals surface area (Å²) in [4.78, 5) is 0. The summed E-state index contributed by atoms with van der Waals surface area (Å²) in [5.41, 5.74) is 0.00682. The second-order valence-electron chi connectivity index (χ2n) is 5.15. The van der Waals surface area contributed by atoms with E-state index >= 15 is 0 Å². The largest absolute Gasteiger partial charge is 0.394 e. The second-order valence-corrected chi connectivity index (χ2v) is 6.18. The van der Waals surface area contributed by atoms with Crippen LogP contribution in [0, 0.1) is 11.8 Å². The molecule has 2 unspecified atom stereocenters. The minimum absolute atomic E-state index is 0.00682. The van der Waals surface area contributed by atoms with E-state index in [1.54, 1.807) is 0 Å². The standard InChI is InChI=1S/C13H27NOS/c1-4-11(3)8-16-10-13(9-15,14-5-2)12-6-7-12/h11-12,14-15H,4-10H2,1-3H3. The Balaban J connectivity index is 2.37. The molecule has 2 nitrogen and oxygen atoms in total. The zero-order valence-corrected chi connectivity index (χ0v) is 11.8. The summed E-state index contributed by atoms with van der Waals surface area (Å²) in [7, 11) is 0. The lowest BCUT2D eigenvalue weighted by Gasteiger charge is -2.33. The van der Waals surface area contributed by atoms with Crippen molar-refractivity contribution >= 4 is 11.8 Å². The van der Waals surface area contributed by atoms with Gasteiger partial charge in [0, 0.05) is 5.75 Å². The van der Waals surface area contributed by atoms with Crippen molar-refractivity contribution in [2.24, 2.45) is 11.8 Å². The van der Waals surface area contributed by atoms with Gasteiger partial charge in [0.2, 0.25) is 0 Å². The van der Waals surface area contributed by atoms with E-state index in [9.17, 15) is 5.11 Å². The summed E-state index contributed by atoms with van der Waals surface area (Å²) in [5, 5.41) is 13.2. The predicted molar refractivity (Wildman–Crippen MR) is 73.0 cm³/mol. The van der Waals surface area contributed by atoms with Crippen LogP contribution in [0.3, 0.4) is 0 Å². The van der Waals surface area contributed by atoms with Crippen LogP contribution in [0.1, 0.15) is 40.0 Å². The van der Waals surface area contributed by atoms with Gasteiger partial charge in [0.05, 0.1) is 12.1 Å². The highest BCUT2D eigenvalue weighted by Crippen LogP contribution is 2.41. The third kappa shape index (κ3) is 3.94. The van der Waals surface area contributed by atoms with Gasteiger partial charge in [-0.25, -0.2) is 0 Å². The number of thioether (sulfide) groups is 1. The number of aliphatic hydroxyl groups excluding tert-OH is 1. The van der Waals surface area contributed by atoms with Gasteiger partial charge in [0.25, 0.3) is 0 Å². The van der Waals surface area contributed by atoms with Crippen molar-refractivity contribution in [3.63, 3.8) is 0 Å². The third-order valence-electron chi connectivity index (χ3n) is 3.63. The molecule has 2 N–H and O–H groups in total. The SMILES string of the molecule is CCNC(CO)(CSCC(C)CC)C1CC1. The van der Waals surface area contributed by atoms with E-state index in [1.165, 1.54) is 25.0 Å². The Kier molecular flexibility index (Phi) is 6.16. The molecule has 3 heteroatoms. The predicted octanol–water partition coefficient (Wildman–Crippen LogP) is 2.52. The lowest BCUT2D eigenvalue weighted by atomic mass is 9.97. The smallest absolute Gasteiger partial charge is 0.0624 e. The summed E-state index contributed by atoms with van der Waals surface area (Å²) in [6, 6.07) is 0.